The summed E-state index contributed by atoms with van der Waals surface area (Å²) in [6.45, 7) is 4.09. The summed E-state index contributed by atoms with van der Waals surface area (Å²) in [4.78, 5) is 14.1. The number of nitrogens with one attached hydrogen (secondary N) is 1. The molecule has 0 saturated carbocycles. The SMILES string of the molecule is Cc1cc2[nH]c(=O)n(C)c2cc1C. The summed E-state index contributed by atoms with van der Waals surface area (Å²) in [5.41, 5.74) is 4.24. The van der Waals surface area contributed by atoms with Gasteiger partial charge in [0.05, 0.1) is 11.0 Å². The van der Waals surface area contributed by atoms with Crippen molar-refractivity contribution in [2.45, 2.75) is 13.8 Å². The Morgan fingerprint density at radius 1 is 1.23 bits per heavy atom. The fourth-order valence-electron chi connectivity index (χ4n) is 1.49. The lowest BCUT2D eigenvalue weighted by atomic mass is 10.1. The average molecular weight is 176 g/mol. The molecule has 0 amide bonds. The molecule has 68 valence electrons. The highest BCUT2D eigenvalue weighted by Crippen LogP contribution is 2.15. The van der Waals surface area contributed by atoms with Crippen LogP contribution in [-0.2, 0) is 7.05 Å². The first-order chi connectivity index (χ1) is 6.09. The molecule has 0 aliphatic heterocycles. The van der Waals surface area contributed by atoms with Gasteiger partial charge >= 0.3 is 5.69 Å². The number of aromatic amines is 1. The molecule has 1 heterocycles. The number of rotatable bonds is 0. The van der Waals surface area contributed by atoms with E-state index in [4.69, 9.17) is 0 Å². The van der Waals surface area contributed by atoms with Gasteiger partial charge in [0.15, 0.2) is 0 Å². The van der Waals surface area contributed by atoms with E-state index >= 15 is 0 Å². The second-order valence-electron chi connectivity index (χ2n) is 3.44. The van der Waals surface area contributed by atoms with E-state index in [1.807, 2.05) is 26.0 Å². The summed E-state index contributed by atoms with van der Waals surface area (Å²) in [5, 5.41) is 0. The first kappa shape index (κ1) is 8.10. The summed E-state index contributed by atoms with van der Waals surface area (Å²) < 4.78 is 1.63. The fourth-order valence-corrected chi connectivity index (χ4v) is 1.49. The fraction of sp³-hybridized carbons (Fsp3) is 0.300. The van der Waals surface area contributed by atoms with Gasteiger partial charge in [-0.15, -0.1) is 0 Å². The van der Waals surface area contributed by atoms with Crippen molar-refractivity contribution >= 4 is 11.0 Å². The summed E-state index contributed by atoms with van der Waals surface area (Å²) in [7, 11) is 1.77. The van der Waals surface area contributed by atoms with Crippen molar-refractivity contribution in [3.8, 4) is 0 Å². The smallest absolute Gasteiger partial charge is 0.306 e. The first-order valence-electron chi connectivity index (χ1n) is 4.25. The Bertz CT molecular complexity index is 519. The van der Waals surface area contributed by atoms with Gasteiger partial charge in [0.1, 0.15) is 0 Å². The predicted molar refractivity (Wildman–Crippen MR) is 53.0 cm³/mol. The molecule has 0 unspecified atom stereocenters. The zero-order valence-electron chi connectivity index (χ0n) is 8.01. The van der Waals surface area contributed by atoms with Crippen LogP contribution in [-0.4, -0.2) is 9.55 Å². The maximum atomic E-state index is 11.3. The lowest BCUT2D eigenvalue weighted by molar-refractivity contribution is 0.891. The van der Waals surface area contributed by atoms with Crippen molar-refractivity contribution in [3.63, 3.8) is 0 Å². The number of nitrogens with zero attached hydrogens (tertiary/aromatic N) is 1. The van der Waals surface area contributed by atoms with Crippen LogP contribution in [0.15, 0.2) is 16.9 Å². The summed E-state index contributed by atoms with van der Waals surface area (Å²) >= 11 is 0. The van der Waals surface area contributed by atoms with E-state index in [0.29, 0.717) is 0 Å². The van der Waals surface area contributed by atoms with Gasteiger partial charge in [0, 0.05) is 7.05 Å². The minimum Gasteiger partial charge on any atom is -0.306 e. The maximum Gasteiger partial charge on any atom is 0.326 e. The molecule has 1 aromatic carbocycles. The Labute approximate surface area is 76.0 Å². The van der Waals surface area contributed by atoms with Crippen LogP contribution in [0.5, 0.6) is 0 Å². The molecule has 0 radical (unpaired) electrons. The molecular weight excluding hydrogens is 164 g/mol. The van der Waals surface area contributed by atoms with E-state index in [1.165, 1.54) is 11.1 Å². The minimum absolute atomic E-state index is 0.0556. The summed E-state index contributed by atoms with van der Waals surface area (Å²) in [6.07, 6.45) is 0. The maximum absolute atomic E-state index is 11.3. The number of fused-ring (bicyclic) bond motifs is 1. The van der Waals surface area contributed by atoms with Crippen molar-refractivity contribution in [1.29, 1.82) is 0 Å². The topological polar surface area (TPSA) is 37.8 Å². The molecule has 0 aliphatic carbocycles. The second kappa shape index (κ2) is 2.49. The van der Waals surface area contributed by atoms with Gasteiger partial charge in [-0.3, -0.25) is 4.57 Å². The van der Waals surface area contributed by atoms with Gasteiger partial charge in [0.25, 0.3) is 0 Å². The molecule has 3 heteroatoms. The van der Waals surface area contributed by atoms with Crippen LogP contribution in [0, 0.1) is 13.8 Å². The Hall–Kier alpha value is -1.51. The van der Waals surface area contributed by atoms with E-state index in [9.17, 15) is 4.79 Å². The Morgan fingerprint density at radius 3 is 2.54 bits per heavy atom. The Kier molecular flexibility index (Phi) is 1.55. The number of imidazole rings is 1. The van der Waals surface area contributed by atoms with Gasteiger partial charge in [-0.2, -0.15) is 0 Å². The zero-order valence-corrected chi connectivity index (χ0v) is 8.01. The van der Waals surface area contributed by atoms with Gasteiger partial charge in [-0.1, -0.05) is 0 Å². The quantitative estimate of drug-likeness (QED) is 0.648. The Balaban J connectivity index is 2.97. The van der Waals surface area contributed by atoms with Crippen LogP contribution in [0.1, 0.15) is 11.1 Å². The molecule has 0 atom stereocenters. The van der Waals surface area contributed by atoms with E-state index in [0.717, 1.165) is 11.0 Å². The number of H-pyrrole nitrogens is 1. The van der Waals surface area contributed by atoms with Crippen LogP contribution < -0.4 is 5.69 Å². The van der Waals surface area contributed by atoms with Crippen molar-refractivity contribution in [2.24, 2.45) is 7.05 Å². The van der Waals surface area contributed by atoms with Crippen LogP contribution in [0.25, 0.3) is 11.0 Å². The largest absolute Gasteiger partial charge is 0.326 e. The predicted octanol–water partition coefficient (Wildman–Crippen LogP) is 1.48. The van der Waals surface area contributed by atoms with E-state index in [2.05, 4.69) is 4.98 Å². The first-order valence-corrected chi connectivity index (χ1v) is 4.25. The molecule has 0 saturated heterocycles. The van der Waals surface area contributed by atoms with Gasteiger partial charge in [-0.25, -0.2) is 4.79 Å². The van der Waals surface area contributed by atoms with Gasteiger partial charge in [-0.05, 0) is 37.1 Å². The molecule has 0 fully saturated rings. The number of aryl methyl sites for hydroxylation is 3. The third-order valence-electron chi connectivity index (χ3n) is 2.52. The minimum atomic E-state index is -0.0556. The van der Waals surface area contributed by atoms with Crippen LogP contribution in [0.2, 0.25) is 0 Å². The molecule has 0 aliphatic rings. The standard InChI is InChI=1S/C10H12N2O/c1-6-4-8-9(5-7(6)2)12(3)10(13)11-8/h4-5H,1-3H3,(H,11,13). The number of benzene rings is 1. The van der Waals surface area contributed by atoms with Crippen LogP contribution in [0.3, 0.4) is 0 Å². The summed E-state index contributed by atoms with van der Waals surface area (Å²) in [5.74, 6) is 0. The van der Waals surface area contributed by atoms with Crippen molar-refractivity contribution < 1.29 is 0 Å². The van der Waals surface area contributed by atoms with Crippen molar-refractivity contribution in [2.75, 3.05) is 0 Å². The molecule has 2 rings (SSSR count). The second-order valence-corrected chi connectivity index (χ2v) is 3.44. The lowest BCUT2D eigenvalue weighted by Gasteiger charge is -1.99. The molecule has 1 aromatic heterocycles. The van der Waals surface area contributed by atoms with E-state index in [-0.39, 0.29) is 5.69 Å². The molecule has 0 bridgehead atoms. The average Bonchev–Trinajstić information content (AvgIpc) is 2.32. The molecule has 0 spiro atoms. The molecule has 13 heavy (non-hydrogen) atoms. The van der Waals surface area contributed by atoms with E-state index in [1.54, 1.807) is 11.6 Å². The highest BCUT2D eigenvalue weighted by atomic mass is 16.1. The number of aromatic nitrogens is 2. The normalized spacial score (nSPS) is 11.0. The molecule has 1 N–H and O–H groups in total. The summed E-state index contributed by atoms with van der Waals surface area (Å²) in [6, 6.07) is 4.04. The van der Waals surface area contributed by atoms with Crippen molar-refractivity contribution in [1.82, 2.24) is 9.55 Å². The monoisotopic (exact) mass is 176 g/mol. The number of hydrogen-bond donors (Lipinski definition) is 1. The highest BCUT2D eigenvalue weighted by Gasteiger charge is 2.03. The molecule has 3 nitrogen and oxygen atoms in total. The third-order valence-corrected chi connectivity index (χ3v) is 2.52. The molecule has 2 aromatic rings. The van der Waals surface area contributed by atoms with Gasteiger partial charge in [0.2, 0.25) is 0 Å². The van der Waals surface area contributed by atoms with Crippen molar-refractivity contribution in [3.05, 3.63) is 33.7 Å². The third kappa shape index (κ3) is 1.08. The van der Waals surface area contributed by atoms with Crippen LogP contribution in [0.4, 0.5) is 0 Å². The van der Waals surface area contributed by atoms with Crippen LogP contribution >= 0.6 is 0 Å². The highest BCUT2D eigenvalue weighted by molar-refractivity contribution is 5.77. The number of hydrogen-bond acceptors (Lipinski definition) is 1. The lowest BCUT2D eigenvalue weighted by Crippen LogP contribution is -2.11. The zero-order chi connectivity index (χ0) is 9.59. The van der Waals surface area contributed by atoms with E-state index < -0.39 is 0 Å². The van der Waals surface area contributed by atoms with Gasteiger partial charge < -0.3 is 4.98 Å². The Morgan fingerprint density at radius 2 is 1.85 bits per heavy atom. The molecular formula is C10H12N2O.